The molecule has 0 saturated heterocycles. The Hall–Kier alpha value is -3.67. The number of benzene rings is 3. The number of nitrogens with zero attached hydrogens (tertiary/aromatic N) is 1. The van der Waals surface area contributed by atoms with Crippen molar-refractivity contribution in [2.75, 3.05) is 19.5 Å². The first-order valence-electron chi connectivity index (χ1n) is 9.56. The lowest BCUT2D eigenvalue weighted by molar-refractivity contribution is -0.119. The highest BCUT2D eigenvalue weighted by Gasteiger charge is 2.42. The highest BCUT2D eigenvalue weighted by atomic mass is 19.1. The number of hydrogen-bond acceptors (Lipinski definition) is 3. The molecule has 30 heavy (non-hydrogen) atoms. The Bertz CT molecular complexity index is 1100. The van der Waals surface area contributed by atoms with E-state index in [1.54, 1.807) is 67.6 Å². The van der Waals surface area contributed by atoms with Crippen LogP contribution in [-0.4, -0.2) is 30.9 Å². The molecule has 0 unspecified atom stereocenters. The summed E-state index contributed by atoms with van der Waals surface area (Å²) >= 11 is 0. The summed E-state index contributed by atoms with van der Waals surface area (Å²) in [5.74, 6) is -1.09. The third kappa shape index (κ3) is 3.41. The summed E-state index contributed by atoms with van der Waals surface area (Å²) in [7, 11) is 3.25. The molecular weight excluding hydrogens is 383 g/mol. The number of hydrogen-bond donors (Lipinski definition) is 1. The zero-order valence-electron chi connectivity index (χ0n) is 16.6. The Morgan fingerprint density at radius 3 is 2.37 bits per heavy atom. The number of carbonyl (C=O) groups is 2. The van der Waals surface area contributed by atoms with Gasteiger partial charge in [0.05, 0.1) is 24.8 Å². The molecule has 3 aromatic carbocycles. The van der Waals surface area contributed by atoms with Gasteiger partial charge in [-0.1, -0.05) is 42.5 Å². The second kappa shape index (κ2) is 7.99. The summed E-state index contributed by atoms with van der Waals surface area (Å²) in [6, 6.07) is 19.8. The number of amides is 2. The molecule has 1 aliphatic rings. The van der Waals surface area contributed by atoms with Crippen LogP contribution >= 0.6 is 0 Å². The lowest BCUT2D eigenvalue weighted by atomic mass is 9.79. The molecular formula is C24H21FN2O3. The molecule has 4 rings (SSSR count). The molecule has 0 fully saturated rings. The van der Waals surface area contributed by atoms with E-state index in [4.69, 9.17) is 4.74 Å². The topological polar surface area (TPSA) is 58.6 Å². The quantitative estimate of drug-likeness (QED) is 0.702. The van der Waals surface area contributed by atoms with Gasteiger partial charge in [0.1, 0.15) is 11.6 Å². The molecule has 3 aromatic rings. The highest BCUT2D eigenvalue weighted by Crippen LogP contribution is 2.42. The van der Waals surface area contributed by atoms with Crippen LogP contribution in [0.2, 0.25) is 0 Å². The summed E-state index contributed by atoms with van der Waals surface area (Å²) in [5.41, 5.74) is 1.98. The van der Waals surface area contributed by atoms with E-state index in [1.807, 2.05) is 12.1 Å². The molecule has 1 N–H and O–H groups in total. The Morgan fingerprint density at radius 2 is 1.67 bits per heavy atom. The van der Waals surface area contributed by atoms with Gasteiger partial charge >= 0.3 is 0 Å². The van der Waals surface area contributed by atoms with Crippen molar-refractivity contribution in [3.63, 3.8) is 0 Å². The van der Waals surface area contributed by atoms with Crippen LogP contribution in [0.1, 0.15) is 33.4 Å². The van der Waals surface area contributed by atoms with Crippen LogP contribution in [0.3, 0.4) is 0 Å². The van der Waals surface area contributed by atoms with Gasteiger partial charge < -0.3 is 15.0 Å². The van der Waals surface area contributed by atoms with Gasteiger partial charge in [-0.05, 0) is 41.5 Å². The van der Waals surface area contributed by atoms with Gasteiger partial charge in [0.2, 0.25) is 5.91 Å². The second-order valence-corrected chi connectivity index (χ2v) is 7.17. The van der Waals surface area contributed by atoms with E-state index >= 15 is 0 Å². The highest BCUT2D eigenvalue weighted by molar-refractivity contribution is 6.04. The van der Waals surface area contributed by atoms with Crippen molar-refractivity contribution in [2.45, 2.75) is 12.0 Å². The molecule has 5 nitrogen and oxygen atoms in total. The van der Waals surface area contributed by atoms with Gasteiger partial charge in [-0.15, -0.1) is 0 Å². The van der Waals surface area contributed by atoms with Crippen molar-refractivity contribution in [3.05, 3.63) is 95.3 Å². The Labute approximate surface area is 174 Å². The van der Waals surface area contributed by atoms with Gasteiger partial charge in [0.15, 0.2) is 0 Å². The van der Waals surface area contributed by atoms with Crippen LogP contribution in [0, 0.1) is 5.82 Å². The molecule has 0 aromatic heterocycles. The lowest BCUT2D eigenvalue weighted by Gasteiger charge is -2.39. The average Bonchev–Trinajstić information content (AvgIpc) is 2.77. The monoisotopic (exact) mass is 404 g/mol. The predicted molar refractivity (Wildman–Crippen MR) is 112 cm³/mol. The maximum absolute atomic E-state index is 14.2. The van der Waals surface area contributed by atoms with E-state index < -0.39 is 17.8 Å². The summed E-state index contributed by atoms with van der Waals surface area (Å²) in [6.07, 6.45) is 0. The van der Waals surface area contributed by atoms with Crippen LogP contribution in [0.15, 0.2) is 72.8 Å². The Kier molecular flexibility index (Phi) is 5.23. The SMILES string of the molecule is COc1ccc([C@@H]2[C@H](C(=O)Nc3ccccc3F)c3ccccc3C(=O)N2C)cc1. The van der Waals surface area contributed by atoms with Crippen LogP contribution in [-0.2, 0) is 4.79 Å². The van der Waals surface area contributed by atoms with Crippen molar-refractivity contribution in [2.24, 2.45) is 0 Å². The Morgan fingerprint density at radius 1 is 1.00 bits per heavy atom. The summed E-state index contributed by atoms with van der Waals surface area (Å²) in [5, 5.41) is 2.70. The number of anilines is 1. The van der Waals surface area contributed by atoms with E-state index in [0.29, 0.717) is 16.9 Å². The smallest absolute Gasteiger partial charge is 0.254 e. The third-order valence-electron chi connectivity index (χ3n) is 5.45. The van der Waals surface area contributed by atoms with Crippen LogP contribution in [0.25, 0.3) is 0 Å². The number of halogens is 1. The minimum atomic E-state index is -0.711. The van der Waals surface area contributed by atoms with Gasteiger partial charge in [-0.3, -0.25) is 9.59 Å². The zero-order chi connectivity index (χ0) is 21.3. The largest absolute Gasteiger partial charge is 0.497 e. The molecule has 0 radical (unpaired) electrons. The molecule has 0 aliphatic carbocycles. The van der Waals surface area contributed by atoms with Crippen LogP contribution in [0.4, 0.5) is 10.1 Å². The average molecular weight is 404 g/mol. The maximum Gasteiger partial charge on any atom is 0.254 e. The molecule has 2 atom stereocenters. The summed E-state index contributed by atoms with van der Waals surface area (Å²) in [6.45, 7) is 0. The fraction of sp³-hybridized carbons (Fsp3) is 0.167. The molecule has 6 heteroatoms. The number of nitrogens with one attached hydrogen (secondary N) is 1. The molecule has 152 valence electrons. The Balaban J connectivity index is 1.80. The third-order valence-corrected chi connectivity index (χ3v) is 5.45. The molecule has 1 heterocycles. The molecule has 1 aliphatic heterocycles. The first kappa shape index (κ1) is 19.6. The van der Waals surface area contributed by atoms with E-state index in [1.165, 1.54) is 12.1 Å². The van der Waals surface area contributed by atoms with Crippen molar-refractivity contribution in [3.8, 4) is 5.75 Å². The minimum Gasteiger partial charge on any atom is -0.497 e. The van der Waals surface area contributed by atoms with Crippen molar-refractivity contribution in [1.82, 2.24) is 4.90 Å². The van der Waals surface area contributed by atoms with Crippen LogP contribution < -0.4 is 10.1 Å². The molecule has 0 spiro atoms. The standard InChI is InChI=1S/C24H21FN2O3/c1-27-22(15-11-13-16(30-2)14-12-15)21(17-7-3-4-8-18(17)24(27)29)23(28)26-20-10-6-5-9-19(20)25/h3-14,21-22H,1-2H3,(H,26,28)/t21-,22-/m1/s1. The van der Waals surface area contributed by atoms with E-state index in [2.05, 4.69) is 5.32 Å². The number of rotatable bonds is 4. The van der Waals surface area contributed by atoms with E-state index in [-0.39, 0.29) is 17.5 Å². The minimum absolute atomic E-state index is 0.105. The summed E-state index contributed by atoms with van der Waals surface area (Å²) in [4.78, 5) is 28.0. The number of fused-ring (bicyclic) bond motifs is 1. The fourth-order valence-corrected chi connectivity index (χ4v) is 3.95. The van der Waals surface area contributed by atoms with Crippen LogP contribution in [0.5, 0.6) is 5.75 Å². The van der Waals surface area contributed by atoms with Gasteiger partial charge in [-0.2, -0.15) is 0 Å². The van der Waals surface area contributed by atoms with Crippen molar-refractivity contribution in [1.29, 1.82) is 0 Å². The first-order valence-corrected chi connectivity index (χ1v) is 9.56. The first-order chi connectivity index (χ1) is 14.5. The number of para-hydroxylation sites is 1. The van der Waals surface area contributed by atoms with E-state index in [0.717, 1.165) is 5.56 Å². The van der Waals surface area contributed by atoms with Crippen molar-refractivity contribution >= 4 is 17.5 Å². The van der Waals surface area contributed by atoms with Crippen molar-refractivity contribution < 1.29 is 18.7 Å². The zero-order valence-corrected chi connectivity index (χ0v) is 16.6. The number of likely N-dealkylation sites (N-methyl/N-ethyl adjacent to an activating group) is 1. The van der Waals surface area contributed by atoms with Gasteiger partial charge in [0.25, 0.3) is 5.91 Å². The van der Waals surface area contributed by atoms with E-state index in [9.17, 15) is 14.0 Å². The number of ether oxygens (including phenoxy) is 1. The maximum atomic E-state index is 14.2. The second-order valence-electron chi connectivity index (χ2n) is 7.17. The molecule has 0 saturated carbocycles. The normalized spacial score (nSPS) is 18.0. The molecule has 0 bridgehead atoms. The summed E-state index contributed by atoms with van der Waals surface area (Å²) < 4.78 is 19.4. The number of carbonyl (C=O) groups excluding carboxylic acids is 2. The fourth-order valence-electron chi connectivity index (χ4n) is 3.95. The predicted octanol–water partition coefficient (Wildman–Crippen LogP) is 4.38. The van der Waals surface area contributed by atoms with Gasteiger partial charge in [-0.25, -0.2) is 4.39 Å². The number of methoxy groups -OCH3 is 1. The lowest BCUT2D eigenvalue weighted by Crippen LogP contribution is -2.44. The van der Waals surface area contributed by atoms with Gasteiger partial charge in [0, 0.05) is 12.6 Å². The molecule has 2 amide bonds.